The summed E-state index contributed by atoms with van der Waals surface area (Å²) in [7, 11) is 1.37. The van der Waals surface area contributed by atoms with Crippen molar-refractivity contribution >= 4 is 23.3 Å². The molecule has 0 spiro atoms. The Balaban J connectivity index is 2.01. The standard InChI is InChI=1S/C15H21ClN2O2/c1-10(8-12-4-3-7-17-12)18-14-9-11(15(19)20-2)5-6-13(14)16/h5-6,9-10,12,17-18H,3-4,7-8H2,1-2H3. The number of rotatable bonds is 5. The van der Waals surface area contributed by atoms with E-state index in [-0.39, 0.29) is 12.0 Å². The second-order valence-corrected chi connectivity index (χ2v) is 5.67. The van der Waals surface area contributed by atoms with Gasteiger partial charge in [-0.1, -0.05) is 11.6 Å². The van der Waals surface area contributed by atoms with Gasteiger partial charge in [0.05, 0.1) is 23.4 Å². The van der Waals surface area contributed by atoms with Crippen molar-refractivity contribution in [3.05, 3.63) is 28.8 Å². The maximum atomic E-state index is 11.5. The van der Waals surface area contributed by atoms with Crippen LogP contribution in [0.1, 0.15) is 36.5 Å². The molecule has 5 heteroatoms. The number of hydrogen-bond donors (Lipinski definition) is 2. The largest absolute Gasteiger partial charge is 0.465 e. The number of halogens is 1. The van der Waals surface area contributed by atoms with E-state index in [0.29, 0.717) is 16.6 Å². The fourth-order valence-electron chi connectivity index (χ4n) is 2.59. The highest BCUT2D eigenvalue weighted by Gasteiger charge is 2.18. The van der Waals surface area contributed by atoms with Crippen LogP contribution in [0, 0.1) is 0 Å². The molecule has 1 aliphatic heterocycles. The summed E-state index contributed by atoms with van der Waals surface area (Å²) in [5.74, 6) is -0.352. The molecule has 1 saturated heterocycles. The zero-order valence-corrected chi connectivity index (χ0v) is 12.7. The number of benzene rings is 1. The quantitative estimate of drug-likeness (QED) is 0.820. The summed E-state index contributed by atoms with van der Waals surface area (Å²) < 4.78 is 4.72. The highest BCUT2D eigenvalue weighted by Crippen LogP contribution is 2.25. The molecule has 1 fully saturated rings. The second kappa shape index (κ2) is 6.95. The van der Waals surface area contributed by atoms with Gasteiger partial charge in [0.15, 0.2) is 0 Å². The van der Waals surface area contributed by atoms with Gasteiger partial charge in [-0.15, -0.1) is 0 Å². The van der Waals surface area contributed by atoms with Gasteiger partial charge in [0.1, 0.15) is 0 Å². The molecule has 1 aromatic rings. The van der Waals surface area contributed by atoms with Gasteiger partial charge in [-0.25, -0.2) is 4.79 Å². The van der Waals surface area contributed by atoms with E-state index in [1.807, 2.05) is 0 Å². The van der Waals surface area contributed by atoms with Gasteiger partial charge < -0.3 is 15.4 Å². The van der Waals surface area contributed by atoms with Crippen molar-refractivity contribution in [2.45, 2.75) is 38.3 Å². The lowest BCUT2D eigenvalue weighted by Gasteiger charge is -2.20. The van der Waals surface area contributed by atoms with Crippen LogP contribution in [0.15, 0.2) is 18.2 Å². The summed E-state index contributed by atoms with van der Waals surface area (Å²) in [4.78, 5) is 11.5. The Kier molecular flexibility index (Phi) is 5.26. The fourth-order valence-corrected chi connectivity index (χ4v) is 2.76. The van der Waals surface area contributed by atoms with Crippen LogP contribution in [-0.4, -0.2) is 31.7 Å². The molecular formula is C15H21ClN2O2. The van der Waals surface area contributed by atoms with Gasteiger partial charge in [-0.05, 0) is 50.9 Å². The molecule has 2 atom stereocenters. The minimum absolute atomic E-state index is 0.288. The van der Waals surface area contributed by atoms with Crippen molar-refractivity contribution < 1.29 is 9.53 Å². The van der Waals surface area contributed by atoms with E-state index >= 15 is 0 Å². The van der Waals surface area contributed by atoms with Crippen LogP contribution in [0.2, 0.25) is 5.02 Å². The first-order valence-corrected chi connectivity index (χ1v) is 7.35. The Hall–Kier alpha value is -1.26. The number of anilines is 1. The number of nitrogens with one attached hydrogen (secondary N) is 2. The first-order chi connectivity index (χ1) is 9.60. The van der Waals surface area contributed by atoms with Gasteiger partial charge in [0.2, 0.25) is 0 Å². The Morgan fingerprint density at radius 2 is 2.40 bits per heavy atom. The van der Waals surface area contributed by atoms with Gasteiger partial charge in [0, 0.05) is 12.1 Å². The zero-order valence-electron chi connectivity index (χ0n) is 11.9. The highest BCUT2D eigenvalue weighted by atomic mass is 35.5. The summed E-state index contributed by atoms with van der Waals surface area (Å²) in [6.07, 6.45) is 3.51. The molecule has 4 nitrogen and oxygen atoms in total. The van der Waals surface area contributed by atoms with Gasteiger partial charge >= 0.3 is 5.97 Å². The Morgan fingerprint density at radius 3 is 3.05 bits per heavy atom. The number of carbonyl (C=O) groups excluding carboxylic acids is 1. The monoisotopic (exact) mass is 296 g/mol. The summed E-state index contributed by atoms with van der Waals surface area (Å²) in [5, 5.41) is 7.47. The van der Waals surface area contributed by atoms with E-state index in [2.05, 4.69) is 17.6 Å². The van der Waals surface area contributed by atoms with Crippen LogP contribution in [0.4, 0.5) is 5.69 Å². The predicted octanol–water partition coefficient (Wildman–Crippen LogP) is 3.07. The molecule has 1 heterocycles. The highest BCUT2D eigenvalue weighted by molar-refractivity contribution is 6.33. The van der Waals surface area contributed by atoms with Gasteiger partial charge in [-0.3, -0.25) is 0 Å². The normalized spacial score (nSPS) is 19.6. The molecule has 2 rings (SSSR count). The predicted molar refractivity (Wildman–Crippen MR) is 81.5 cm³/mol. The molecule has 1 aliphatic rings. The molecule has 110 valence electrons. The van der Waals surface area contributed by atoms with Crippen molar-refractivity contribution in [1.29, 1.82) is 0 Å². The van der Waals surface area contributed by atoms with E-state index in [1.165, 1.54) is 20.0 Å². The molecule has 0 amide bonds. The molecule has 0 bridgehead atoms. The van der Waals surface area contributed by atoms with Crippen LogP contribution in [0.5, 0.6) is 0 Å². The van der Waals surface area contributed by atoms with Crippen LogP contribution >= 0.6 is 11.6 Å². The third-order valence-corrected chi connectivity index (χ3v) is 3.92. The van der Waals surface area contributed by atoms with Gasteiger partial charge in [0.25, 0.3) is 0 Å². The van der Waals surface area contributed by atoms with Crippen LogP contribution < -0.4 is 10.6 Å². The molecule has 2 N–H and O–H groups in total. The Morgan fingerprint density at radius 1 is 1.60 bits per heavy atom. The lowest BCUT2D eigenvalue weighted by molar-refractivity contribution is 0.0601. The smallest absolute Gasteiger partial charge is 0.337 e. The lowest BCUT2D eigenvalue weighted by Crippen LogP contribution is -2.29. The number of hydrogen-bond acceptors (Lipinski definition) is 4. The topological polar surface area (TPSA) is 50.4 Å². The molecule has 0 aliphatic carbocycles. The lowest BCUT2D eigenvalue weighted by atomic mass is 10.1. The van der Waals surface area contributed by atoms with Crippen LogP contribution in [0.25, 0.3) is 0 Å². The number of carbonyl (C=O) groups is 1. The van der Waals surface area contributed by atoms with E-state index in [9.17, 15) is 4.79 Å². The summed E-state index contributed by atoms with van der Waals surface area (Å²) in [6.45, 7) is 3.23. The number of ether oxygens (including phenoxy) is 1. The Bertz CT molecular complexity index is 473. The van der Waals surface area contributed by atoms with Crippen molar-refractivity contribution in [2.24, 2.45) is 0 Å². The van der Waals surface area contributed by atoms with E-state index in [4.69, 9.17) is 16.3 Å². The fraction of sp³-hybridized carbons (Fsp3) is 0.533. The summed E-state index contributed by atoms with van der Waals surface area (Å²) in [5.41, 5.74) is 1.28. The van der Waals surface area contributed by atoms with Crippen LogP contribution in [-0.2, 0) is 4.74 Å². The summed E-state index contributed by atoms with van der Waals surface area (Å²) in [6, 6.07) is 5.99. The molecule has 0 saturated carbocycles. The molecule has 0 aromatic heterocycles. The van der Waals surface area contributed by atoms with Crippen molar-refractivity contribution in [3.8, 4) is 0 Å². The average molecular weight is 297 g/mol. The van der Waals surface area contributed by atoms with Crippen molar-refractivity contribution in [3.63, 3.8) is 0 Å². The number of methoxy groups -OCH3 is 1. The third kappa shape index (κ3) is 3.87. The van der Waals surface area contributed by atoms with E-state index in [1.54, 1.807) is 18.2 Å². The van der Waals surface area contributed by atoms with E-state index < -0.39 is 0 Å². The maximum absolute atomic E-state index is 11.5. The SMILES string of the molecule is COC(=O)c1ccc(Cl)c(NC(C)CC2CCCN2)c1. The first kappa shape index (κ1) is 15.1. The second-order valence-electron chi connectivity index (χ2n) is 5.26. The first-order valence-electron chi connectivity index (χ1n) is 6.98. The maximum Gasteiger partial charge on any atom is 0.337 e. The molecule has 0 radical (unpaired) electrons. The zero-order chi connectivity index (χ0) is 14.5. The minimum Gasteiger partial charge on any atom is -0.465 e. The van der Waals surface area contributed by atoms with Crippen molar-refractivity contribution in [2.75, 3.05) is 19.0 Å². The number of esters is 1. The molecule has 2 unspecified atom stereocenters. The van der Waals surface area contributed by atoms with Crippen LogP contribution in [0.3, 0.4) is 0 Å². The van der Waals surface area contributed by atoms with E-state index in [0.717, 1.165) is 18.7 Å². The molecule has 20 heavy (non-hydrogen) atoms. The minimum atomic E-state index is -0.352. The van der Waals surface area contributed by atoms with Crippen molar-refractivity contribution in [1.82, 2.24) is 5.32 Å². The van der Waals surface area contributed by atoms with Gasteiger partial charge in [-0.2, -0.15) is 0 Å². The molecule has 1 aromatic carbocycles. The third-order valence-electron chi connectivity index (χ3n) is 3.59. The average Bonchev–Trinajstić information content (AvgIpc) is 2.93. The Labute approximate surface area is 124 Å². The molecular weight excluding hydrogens is 276 g/mol. The summed E-state index contributed by atoms with van der Waals surface area (Å²) >= 11 is 6.17.